The molecule has 1 rings (SSSR count). The Kier molecular flexibility index (Phi) is 10.0. The Hall–Kier alpha value is -1.31. The van der Waals surface area contributed by atoms with Crippen molar-refractivity contribution in [2.75, 3.05) is 6.61 Å². The highest BCUT2D eigenvalue weighted by atomic mass is 16.5. The third-order valence-corrected chi connectivity index (χ3v) is 2.52. The predicted octanol–water partition coefficient (Wildman–Crippen LogP) is 4.43. The van der Waals surface area contributed by atoms with E-state index >= 15 is 0 Å². The van der Waals surface area contributed by atoms with Crippen molar-refractivity contribution in [1.82, 2.24) is 0 Å². The number of ether oxygens (including phenoxy) is 1. The predicted molar refractivity (Wildman–Crippen MR) is 76.7 cm³/mol. The van der Waals surface area contributed by atoms with Crippen molar-refractivity contribution < 1.29 is 9.53 Å². The van der Waals surface area contributed by atoms with Crippen molar-refractivity contribution in [1.29, 1.82) is 0 Å². The summed E-state index contributed by atoms with van der Waals surface area (Å²) < 4.78 is 4.75. The van der Waals surface area contributed by atoms with Gasteiger partial charge in [0, 0.05) is 6.92 Å². The van der Waals surface area contributed by atoms with Crippen molar-refractivity contribution in [3.05, 3.63) is 35.4 Å². The van der Waals surface area contributed by atoms with Crippen LogP contribution in [0, 0.1) is 13.8 Å². The number of hydrogen-bond acceptors (Lipinski definition) is 2. The fourth-order valence-corrected chi connectivity index (χ4v) is 1.38. The second-order valence-corrected chi connectivity index (χ2v) is 4.56. The summed E-state index contributed by atoms with van der Waals surface area (Å²) in [6.45, 7) is 8.39. The van der Waals surface area contributed by atoms with Crippen LogP contribution in [0.15, 0.2) is 24.3 Å². The summed E-state index contributed by atoms with van der Waals surface area (Å²) in [5.74, 6) is -0.170. The van der Waals surface area contributed by atoms with E-state index in [9.17, 15) is 4.79 Å². The molecule has 0 saturated carbocycles. The maximum atomic E-state index is 10.3. The first-order valence-corrected chi connectivity index (χ1v) is 6.73. The van der Waals surface area contributed by atoms with Gasteiger partial charge in [-0.1, -0.05) is 61.6 Å². The van der Waals surface area contributed by atoms with Gasteiger partial charge in [-0.2, -0.15) is 0 Å². The summed E-state index contributed by atoms with van der Waals surface area (Å²) in [7, 11) is 0. The molecule has 0 radical (unpaired) electrons. The lowest BCUT2D eigenvalue weighted by molar-refractivity contribution is -0.141. The van der Waals surface area contributed by atoms with Crippen LogP contribution >= 0.6 is 0 Å². The van der Waals surface area contributed by atoms with Gasteiger partial charge in [0.05, 0.1) is 6.61 Å². The summed E-state index contributed by atoms with van der Waals surface area (Å²) in [4.78, 5) is 10.3. The number of carbonyl (C=O) groups excluding carboxylic acids is 1. The molecule has 0 bridgehead atoms. The summed E-state index contributed by atoms with van der Waals surface area (Å²) in [6.07, 6.45) is 4.64. The van der Waals surface area contributed by atoms with Crippen molar-refractivity contribution in [2.45, 2.75) is 53.4 Å². The van der Waals surface area contributed by atoms with Crippen molar-refractivity contribution in [3.63, 3.8) is 0 Å². The number of rotatable bonds is 5. The summed E-state index contributed by atoms with van der Waals surface area (Å²) in [5.41, 5.74) is 2.66. The molecule has 18 heavy (non-hydrogen) atoms. The molecule has 0 saturated heterocycles. The Morgan fingerprint density at radius 1 is 1.00 bits per heavy atom. The van der Waals surface area contributed by atoms with E-state index in [1.165, 1.54) is 37.3 Å². The van der Waals surface area contributed by atoms with E-state index in [0.29, 0.717) is 6.61 Å². The summed E-state index contributed by atoms with van der Waals surface area (Å²) >= 11 is 0. The lowest BCUT2D eigenvalue weighted by Gasteiger charge is -1.99. The molecule has 0 aliphatic carbocycles. The zero-order chi connectivity index (χ0) is 13.8. The van der Waals surface area contributed by atoms with E-state index in [1.807, 2.05) is 0 Å². The average molecular weight is 250 g/mol. The molecule has 0 aliphatic heterocycles. The molecule has 102 valence electrons. The second kappa shape index (κ2) is 10.8. The normalized spacial score (nSPS) is 9.33. The van der Waals surface area contributed by atoms with Gasteiger partial charge in [-0.25, -0.2) is 0 Å². The molecule has 0 atom stereocenters. The smallest absolute Gasteiger partial charge is 0.302 e. The van der Waals surface area contributed by atoms with Crippen LogP contribution in [0.2, 0.25) is 0 Å². The van der Waals surface area contributed by atoms with Crippen LogP contribution in [0.3, 0.4) is 0 Å². The van der Waals surface area contributed by atoms with Crippen LogP contribution < -0.4 is 0 Å². The van der Waals surface area contributed by atoms with E-state index in [2.05, 4.69) is 45.0 Å². The minimum atomic E-state index is -0.170. The third kappa shape index (κ3) is 11.2. The maximum absolute atomic E-state index is 10.3. The van der Waals surface area contributed by atoms with Gasteiger partial charge in [0.15, 0.2) is 0 Å². The third-order valence-electron chi connectivity index (χ3n) is 2.52. The number of esters is 1. The lowest BCUT2D eigenvalue weighted by atomic mass is 10.2. The lowest BCUT2D eigenvalue weighted by Crippen LogP contribution is -1.99. The highest BCUT2D eigenvalue weighted by Gasteiger charge is 1.91. The van der Waals surface area contributed by atoms with Crippen LogP contribution in [-0.4, -0.2) is 12.6 Å². The molecule has 2 heteroatoms. The molecular weight excluding hydrogens is 224 g/mol. The highest BCUT2D eigenvalue weighted by Crippen LogP contribution is 1.99. The Morgan fingerprint density at radius 3 is 1.89 bits per heavy atom. The number of carbonyl (C=O) groups is 1. The molecule has 0 fully saturated rings. The minimum Gasteiger partial charge on any atom is -0.466 e. The maximum Gasteiger partial charge on any atom is 0.302 e. The minimum absolute atomic E-state index is 0.170. The standard InChI is InChI=1S/C8H16O2.C8H10/c1-3-4-5-6-7-10-8(2)9;1-7-3-5-8(2)6-4-7/h3-7H2,1-2H3;3-6H,1-2H3. The van der Waals surface area contributed by atoms with Gasteiger partial charge in [-0.15, -0.1) is 0 Å². The van der Waals surface area contributed by atoms with Crippen LogP contribution in [0.4, 0.5) is 0 Å². The molecule has 0 N–H and O–H groups in total. The molecule has 2 nitrogen and oxygen atoms in total. The van der Waals surface area contributed by atoms with Crippen LogP contribution in [0.1, 0.15) is 50.7 Å². The summed E-state index contributed by atoms with van der Waals surface area (Å²) in [5, 5.41) is 0. The first kappa shape index (κ1) is 16.7. The Morgan fingerprint density at radius 2 is 1.50 bits per heavy atom. The molecule has 1 aromatic carbocycles. The molecule has 0 spiro atoms. The number of unbranched alkanes of at least 4 members (excludes halogenated alkanes) is 3. The first-order valence-electron chi connectivity index (χ1n) is 6.73. The molecule has 0 unspecified atom stereocenters. The van der Waals surface area contributed by atoms with Gasteiger partial charge in [0.1, 0.15) is 0 Å². The van der Waals surface area contributed by atoms with Crippen LogP contribution in [0.25, 0.3) is 0 Å². The molecular formula is C16H26O2. The molecule has 0 amide bonds. The molecule has 0 aliphatic rings. The van der Waals surface area contributed by atoms with Crippen molar-refractivity contribution >= 4 is 5.97 Å². The summed E-state index contributed by atoms with van der Waals surface area (Å²) in [6, 6.07) is 8.48. The second-order valence-electron chi connectivity index (χ2n) is 4.56. The van der Waals surface area contributed by atoms with E-state index in [-0.39, 0.29) is 5.97 Å². The van der Waals surface area contributed by atoms with Gasteiger partial charge in [-0.3, -0.25) is 4.79 Å². The fourth-order valence-electron chi connectivity index (χ4n) is 1.38. The average Bonchev–Trinajstić information content (AvgIpc) is 2.33. The fraction of sp³-hybridized carbons (Fsp3) is 0.562. The first-order chi connectivity index (χ1) is 8.56. The molecule has 0 aromatic heterocycles. The topological polar surface area (TPSA) is 26.3 Å². The zero-order valence-corrected chi connectivity index (χ0v) is 12.2. The molecule has 1 aromatic rings. The van der Waals surface area contributed by atoms with Gasteiger partial charge in [-0.05, 0) is 20.3 Å². The number of benzene rings is 1. The van der Waals surface area contributed by atoms with Crippen LogP contribution in [0.5, 0.6) is 0 Å². The van der Waals surface area contributed by atoms with Crippen LogP contribution in [-0.2, 0) is 9.53 Å². The highest BCUT2D eigenvalue weighted by molar-refractivity contribution is 5.65. The van der Waals surface area contributed by atoms with Gasteiger partial charge in [0.2, 0.25) is 0 Å². The van der Waals surface area contributed by atoms with Gasteiger partial charge >= 0.3 is 5.97 Å². The Labute approximate surface area is 111 Å². The molecule has 0 heterocycles. The van der Waals surface area contributed by atoms with E-state index in [4.69, 9.17) is 4.74 Å². The van der Waals surface area contributed by atoms with Gasteiger partial charge < -0.3 is 4.74 Å². The van der Waals surface area contributed by atoms with E-state index in [1.54, 1.807) is 0 Å². The van der Waals surface area contributed by atoms with Crippen molar-refractivity contribution in [3.8, 4) is 0 Å². The zero-order valence-electron chi connectivity index (χ0n) is 12.2. The van der Waals surface area contributed by atoms with E-state index < -0.39 is 0 Å². The Balaban J connectivity index is 0.000000327. The van der Waals surface area contributed by atoms with Gasteiger partial charge in [0.25, 0.3) is 0 Å². The van der Waals surface area contributed by atoms with Crippen molar-refractivity contribution in [2.24, 2.45) is 0 Å². The number of hydrogen-bond donors (Lipinski definition) is 0. The quantitative estimate of drug-likeness (QED) is 0.570. The monoisotopic (exact) mass is 250 g/mol. The van der Waals surface area contributed by atoms with E-state index in [0.717, 1.165) is 6.42 Å². The Bertz CT molecular complexity index is 293. The SMILES string of the molecule is CCCCCCOC(C)=O.Cc1ccc(C)cc1. The number of aryl methyl sites for hydroxylation is 2. The largest absolute Gasteiger partial charge is 0.466 e.